The number of nitrogens with one attached hydrogen (secondary N) is 1. The van der Waals surface area contributed by atoms with Crippen LogP contribution in [0.4, 0.5) is 0 Å². The van der Waals surface area contributed by atoms with E-state index in [1.165, 1.54) is 6.26 Å². The Hall–Kier alpha value is -2.66. The van der Waals surface area contributed by atoms with E-state index in [9.17, 15) is 9.90 Å². The molecule has 1 aliphatic carbocycles. The van der Waals surface area contributed by atoms with E-state index in [0.717, 1.165) is 29.4 Å². The van der Waals surface area contributed by atoms with Gasteiger partial charge in [0.15, 0.2) is 0 Å². The van der Waals surface area contributed by atoms with Crippen LogP contribution in [0.3, 0.4) is 0 Å². The van der Waals surface area contributed by atoms with Crippen molar-refractivity contribution in [3.05, 3.63) is 65.7 Å². The molecule has 1 amide bonds. The minimum absolute atomic E-state index is 0.224. The summed E-state index contributed by atoms with van der Waals surface area (Å²) >= 11 is 0. The molecule has 1 fully saturated rings. The SMILES string of the molecule is O=C(NC(CO)c1ccco1)c1cc(C2CC2)nc2ccccc12. The number of hydrogen-bond acceptors (Lipinski definition) is 4. The Labute approximate surface area is 139 Å². The minimum Gasteiger partial charge on any atom is -0.467 e. The first-order valence-electron chi connectivity index (χ1n) is 8.11. The molecule has 24 heavy (non-hydrogen) atoms. The van der Waals surface area contributed by atoms with Crippen LogP contribution in [0, 0.1) is 0 Å². The summed E-state index contributed by atoms with van der Waals surface area (Å²) in [5.41, 5.74) is 2.38. The van der Waals surface area contributed by atoms with Gasteiger partial charge in [-0.2, -0.15) is 0 Å². The van der Waals surface area contributed by atoms with Crippen molar-refractivity contribution in [2.24, 2.45) is 0 Å². The Balaban J connectivity index is 1.70. The van der Waals surface area contributed by atoms with Gasteiger partial charge in [-0.15, -0.1) is 0 Å². The fourth-order valence-electron chi connectivity index (χ4n) is 2.90. The van der Waals surface area contributed by atoms with Crippen molar-refractivity contribution in [3.63, 3.8) is 0 Å². The highest BCUT2D eigenvalue weighted by molar-refractivity contribution is 6.06. The van der Waals surface area contributed by atoms with Crippen LogP contribution in [0.25, 0.3) is 10.9 Å². The molecule has 1 atom stereocenters. The number of benzene rings is 1. The zero-order valence-electron chi connectivity index (χ0n) is 13.1. The van der Waals surface area contributed by atoms with Gasteiger partial charge >= 0.3 is 0 Å². The largest absolute Gasteiger partial charge is 0.467 e. The average Bonchev–Trinajstić information content (AvgIpc) is 3.33. The summed E-state index contributed by atoms with van der Waals surface area (Å²) < 4.78 is 5.30. The zero-order chi connectivity index (χ0) is 16.5. The monoisotopic (exact) mass is 322 g/mol. The van der Waals surface area contributed by atoms with Gasteiger partial charge in [0.25, 0.3) is 5.91 Å². The highest BCUT2D eigenvalue weighted by atomic mass is 16.3. The van der Waals surface area contributed by atoms with Gasteiger partial charge in [-0.25, -0.2) is 0 Å². The summed E-state index contributed by atoms with van der Waals surface area (Å²) in [4.78, 5) is 17.5. The van der Waals surface area contributed by atoms with Gasteiger partial charge in [-0.1, -0.05) is 18.2 Å². The number of carbonyl (C=O) groups excluding carboxylic acids is 1. The van der Waals surface area contributed by atoms with Gasteiger partial charge in [0.05, 0.1) is 24.0 Å². The third-order valence-corrected chi connectivity index (χ3v) is 4.35. The van der Waals surface area contributed by atoms with Crippen molar-refractivity contribution < 1.29 is 14.3 Å². The molecular formula is C19H18N2O3. The number of aliphatic hydroxyl groups is 1. The topological polar surface area (TPSA) is 75.4 Å². The highest BCUT2D eigenvalue weighted by Gasteiger charge is 2.27. The molecular weight excluding hydrogens is 304 g/mol. The molecule has 5 heteroatoms. The summed E-state index contributed by atoms with van der Waals surface area (Å²) in [6.07, 6.45) is 3.77. The van der Waals surface area contributed by atoms with Gasteiger partial charge < -0.3 is 14.8 Å². The van der Waals surface area contributed by atoms with Crippen LogP contribution in [0.1, 0.15) is 46.6 Å². The van der Waals surface area contributed by atoms with Crippen LogP contribution in [-0.4, -0.2) is 22.6 Å². The smallest absolute Gasteiger partial charge is 0.252 e. The van der Waals surface area contributed by atoms with E-state index in [0.29, 0.717) is 17.2 Å². The average molecular weight is 322 g/mol. The first-order valence-corrected chi connectivity index (χ1v) is 8.11. The van der Waals surface area contributed by atoms with Crippen LogP contribution in [0.5, 0.6) is 0 Å². The molecule has 2 N–H and O–H groups in total. The summed E-state index contributed by atoms with van der Waals surface area (Å²) in [7, 11) is 0. The number of hydrogen-bond donors (Lipinski definition) is 2. The lowest BCUT2D eigenvalue weighted by molar-refractivity contribution is 0.0909. The second-order valence-electron chi connectivity index (χ2n) is 6.11. The number of pyridine rings is 1. The van der Waals surface area contributed by atoms with E-state index >= 15 is 0 Å². The van der Waals surface area contributed by atoms with Gasteiger partial charge in [-0.05, 0) is 37.1 Å². The number of aromatic nitrogens is 1. The van der Waals surface area contributed by atoms with Crippen molar-refractivity contribution in [3.8, 4) is 0 Å². The second-order valence-corrected chi connectivity index (χ2v) is 6.11. The summed E-state index contributed by atoms with van der Waals surface area (Å²) in [6, 6.07) is 12.4. The van der Waals surface area contributed by atoms with Crippen molar-refractivity contribution >= 4 is 16.8 Å². The van der Waals surface area contributed by atoms with Crippen LogP contribution >= 0.6 is 0 Å². The van der Waals surface area contributed by atoms with Crippen molar-refractivity contribution in [2.75, 3.05) is 6.61 Å². The predicted molar refractivity (Wildman–Crippen MR) is 89.7 cm³/mol. The fraction of sp³-hybridized carbons (Fsp3) is 0.263. The molecule has 5 nitrogen and oxygen atoms in total. The van der Waals surface area contributed by atoms with Crippen LogP contribution in [0.2, 0.25) is 0 Å². The fourth-order valence-corrected chi connectivity index (χ4v) is 2.90. The first-order chi connectivity index (χ1) is 11.8. The first kappa shape index (κ1) is 14.9. The molecule has 0 bridgehead atoms. The molecule has 0 spiro atoms. The van der Waals surface area contributed by atoms with Crippen molar-refractivity contribution in [2.45, 2.75) is 24.8 Å². The maximum atomic E-state index is 12.8. The molecule has 0 radical (unpaired) electrons. The number of fused-ring (bicyclic) bond motifs is 1. The Bertz CT molecular complexity index is 869. The summed E-state index contributed by atoms with van der Waals surface area (Å²) in [5, 5.41) is 13.2. The Morgan fingerprint density at radius 2 is 2.12 bits per heavy atom. The van der Waals surface area contributed by atoms with E-state index in [2.05, 4.69) is 10.3 Å². The molecule has 1 aromatic carbocycles. The number of carbonyl (C=O) groups is 1. The molecule has 1 aliphatic rings. The lowest BCUT2D eigenvalue weighted by Gasteiger charge is -2.15. The molecule has 4 rings (SSSR count). The highest BCUT2D eigenvalue weighted by Crippen LogP contribution is 2.40. The maximum Gasteiger partial charge on any atom is 0.252 e. The van der Waals surface area contributed by atoms with Crippen LogP contribution in [0.15, 0.2) is 53.1 Å². The van der Waals surface area contributed by atoms with Crippen LogP contribution < -0.4 is 5.32 Å². The summed E-state index contributed by atoms with van der Waals surface area (Å²) in [5.74, 6) is 0.762. The van der Waals surface area contributed by atoms with E-state index in [4.69, 9.17) is 4.42 Å². The molecule has 0 aliphatic heterocycles. The number of rotatable bonds is 5. The molecule has 2 heterocycles. The molecule has 1 saturated carbocycles. The van der Waals surface area contributed by atoms with Gasteiger partial charge in [0.2, 0.25) is 0 Å². The van der Waals surface area contributed by atoms with E-state index in [1.54, 1.807) is 12.1 Å². The third kappa shape index (κ3) is 2.78. The van der Waals surface area contributed by atoms with Crippen molar-refractivity contribution in [1.29, 1.82) is 0 Å². The Kier molecular flexibility index (Phi) is 3.78. The number of furan rings is 1. The Morgan fingerprint density at radius 1 is 1.29 bits per heavy atom. The van der Waals surface area contributed by atoms with Gasteiger partial charge in [0.1, 0.15) is 11.8 Å². The van der Waals surface area contributed by atoms with E-state index in [1.807, 2.05) is 30.3 Å². The molecule has 122 valence electrons. The summed E-state index contributed by atoms with van der Waals surface area (Å²) in [6.45, 7) is -0.224. The standard InChI is InChI=1S/C19H18N2O3/c22-11-17(18-6-3-9-24-18)21-19(23)14-10-16(12-7-8-12)20-15-5-2-1-4-13(14)15/h1-6,9-10,12,17,22H,7-8,11H2,(H,21,23). The predicted octanol–water partition coefficient (Wildman–Crippen LogP) is 3.17. The number of amides is 1. The number of aliphatic hydroxyl groups excluding tert-OH is 1. The van der Waals surface area contributed by atoms with Gasteiger partial charge in [0, 0.05) is 17.0 Å². The van der Waals surface area contributed by atoms with Crippen molar-refractivity contribution in [1.82, 2.24) is 10.3 Å². The lowest BCUT2D eigenvalue weighted by atomic mass is 10.0. The Morgan fingerprint density at radius 3 is 2.83 bits per heavy atom. The van der Waals surface area contributed by atoms with Crippen LogP contribution in [-0.2, 0) is 0 Å². The number of para-hydroxylation sites is 1. The van der Waals surface area contributed by atoms with E-state index in [-0.39, 0.29) is 12.5 Å². The lowest BCUT2D eigenvalue weighted by Crippen LogP contribution is -2.30. The number of nitrogens with zero attached hydrogens (tertiary/aromatic N) is 1. The minimum atomic E-state index is -0.566. The normalized spacial score (nSPS) is 15.4. The third-order valence-electron chi connectivity index (χ3n) is 4.35. The molecule has 1 unspecified atom stereocenters. The molecule has 2 aromatic heterocycles. The molecule has 3 aromatic rings. The second kappa shape index (κ2) is 6.09. The van der Waals surface area contributed by atoms with E-state index < -0.39 is 6.04 Å². The van der Waals surface area contributed by atoms with Gasteiger partial charge in [-0.3, -0.25) is 9.78 Å². The maximum absolute atomic E-state index is 12.8. The zero-order valence-corrected chi connectivity index (χ0v) is 13.1. The quantitative estimate of drug-likeness (QED) is 0.756. The molecule has 0 saturated heterocycles.